The van der Waals surface area contributed by atoms with E-state index in [2.05, 4.69) is 18.2 Å². The first-order valence-electron chi connectivity index (χ1n) is 15.2. The van der Waals surface area contributed by atoms with Gasteiger partial charge in [0.2, 0.25) is 0 Å². The van der Waals surface area contributed by atoms with Crippen molar-refractivity contribution >= 4 is 0 Å². The van der Waals surface area contributed by atoms with Crippen LogP contribution in [0.1, 0.15) is 0 Å². The van der Waals surface area contributed by atoms with Crippen molar-refractivity contribution in [2.75, 3.05) is 0 Å². The molecule has 0 aliphatic carbocycles. The van der Waals surface area contributed by atoms with Gasteiger partial charge in [-0.05, 0) is 121 Å². The lowest BCUT2D eigenvalue weighted by Crippen LogP contribution is -1.88. The van der Waals surface area contributed by atoms with Crippen molar-refractivity contribution in [3.8, 4) is 101 Å². The minimum absolute atomic E-state index is 0.00908. The summed E-state index contributed by atoms with van der Waals surface area (Å²) in [5.74, 6) is -0.0545. The van der Waals surface area contributed by atoms with Gasteiger partial charge in [0.05, 0.1) is 0 Å². The van der Waals surface area contributed by atoms with E-state index in [1.54, 1.807) is 36.4 Å². The molecule has 7 aromatic rings. The Morgan fingerprint density at radius 3 is 0.479 bits per heavy atom. The Labute approximate surface area is 277 Å². The molecule has 0 heterocycles. The van der Waals surface area contributed by atoms with Crippen LogP contribution in [0.15, 0.2) is 146 Å². The lowest BCUT2D eigenvalue weighted by atomic mass is 9.91. The summed E-state index contributed by atoms with van der Waals surface area (Å²) in [6.45, 7) is 0. The van der Waals surface area contributed by atoms with E-state index in [4.69, 9.17) is 0 Å². The van der Waals surface area contributed by atoms with E-state index in [0.717, 1.165) is 50.1 Å². The van der Waals surface area contributed by atoms with Gasteiger partial charge >= 0.3 is 0 Å². The van der Waals surface area contributed by atoms with Crippen LogP contribution >= 0.6 is 0 Å². The first kappa shape index (κ1) is 30.0. The van der Waals surface area contributed by atoms with Gasteiger partial charge in [-0.3, -0.25) is 0 Å². The van der Waals surface area contributed by atoms with Crippen LogP contribution in [0.3, 0.4) is 0 Å². The van der Waals surface area contributed by atoms with Crippen molar-refractivity contribution in [1.29, 1.82) is 0 Å². The molecule has 0 spiro atoms. The normalized spacial score (nSPS) is 11.0. The number of phenolic OH excluding ortho intramolecular Hbond substituents is 6. The third-order valence-electron chi connectivity index (χ3n) is 8.30. The molecule has 48 heavy (non-hydrogen) atoms. The van der Waals surface area contributed by atoms with Gasteiger partial charge in [0.25, 0.3) is 0 Å². The van der Waals surface area contributed by atoms with Crippen LogP contribution < -0.4 is 0 Å². The van der Waals surface area contributed by atoms with E-state index in [1.165, 1.54) is 18.2 Å². The molecule has 6 N–H and O–H groups in total. The summed E-state index contributed by atoms with van der Waals surface area (Å²) in [4.78, 5) is 0. The molecule has 0 aromatic heterocycles. The number of phenols is 6. The summed E-state index contributed by atoms with van der Waals surface area (Å²) in [5, 5.41) is 59.8. The van der Waals surface area contributed by atoms with E-state index < -0.39 is 0 Å². The maximum absolute atomic E-state index is 9.97. The molecule has 0 bridgehead atoms. The Kier molecular flexibility index (Phi) is 7.67. The zero-order chi connectivity index (χ0) is 33.4. The van der Waals surface area contributed by atoms with Gasteiger partial charge in [-0.1, -0.05) is 72.8 Å². The van der Waals surface area contributed by atoms with E-state index in [1.807, 2.05) is 72.8 Å². The number of aromatic hydroxyl groups is 6. The smallest absolute Gasteiger partial charge is 0.119 e. The highest BCUT2D eigenvalue weighted by Crippen LogP contribution is 2.37. The van der Waals surface area contributed by atoms with Crippen LogP contribution in [0, 0.1) is 0 Å². The molecule has 0 aliphatic rings. The quantitative estimate of drug-likeness (QED) is 0.109. The molecule has 0 unspecified atom stereocenters. The first-order chi connectivity index (χ1) is 23.2. The van der Waals surface area contributed by atoms with Gasteiger partial charge in [0.15, 0.2) is 0 Å². The van der Waals surface area contributed by atoms with Gasteiger partial charge in [-0.15, -0.1) is 0 Å². The second-order valence-electron chi connectivity index (χ2n) is 11.7. The Balaban J connectivity index is 1.29. The molecule has 0 saturated carbocycles. The lowest BCUT2D eigenvalue weighted by Gasteiger charge is -2.13. The van der Waals surface area contributed by atoms with Gasteiger partial charge < -0.3 is 30.6 Å². The topological polar surface area (TPSA) is 121 Å². The lowest BCUT2D eigenvalue weighted by molar-refractivity contribution is 0.450. The summed E-state index contributed by atoms with van der Waals surface area (Å²) in [7, 11) is 0. The third-order valence-corrected chi connectivity index (χ3v) is 8.30. The number of benzene rings is 7. The van der Waals surface area contributed by atoms with Crippen LogP contribution in [-0.4, -0.2) is 30.6 Å². The maximum atomic E-state index is 9.97. The molecule has 0 aliphatic heterocycles. The Morgan fingerprint density at radius 1 is 0.167 bits per heavy atom. The van der Waals surface area contributed by atoms with E-state index >= 15 is 0 Å². The van der Waals surface area contributed by atoms with Crippen LogP contribution in [0.2, 0.25) is 0 Å². The molecule has 0 fully saturated rings. The molecule has 0 amide bonds. The van der Waals surface area contributed by atoms with Crippen molar-refractivity contribution in [3.05, 3.63) is 146 Å². The fourth-order valence-electron chi connectivity index (χ4n) is 5.98. The second kappa shape index (κ2) is 12.3. The molecule has 0 saturated heterocycles. The second-order valence-corrected chi connectivity index (χ2v) is 11.7. The van der Waals surface area contributed by atoms with Crippen molar-refractivity contribution in [1.82, 2.24) is 0 Å². The first-order valence-corrected chi connectivity index (χ1v) is 15.2. The largest absolute Gasteiger partial charge is 0.508 e. The van der Waals surface area contributed by atoms with Gasteiger partial charge in [0, 0.05) is 18.2 Å². The Bertz CT molecular complexity index is 1940. The molecule has 0 atom stereocenters. The highest BCUT2D eigenvalue weighted by Gasteiger charge is 2.11. The fourth-order valence-corrected chi connectivity index (χ4v) is 5.98. The average molecular weight is 631 g/mol. The summed E-state index contributed by atoms with van der Waals surface area (Å²) < 4.78 is 0. The van der Waals surface area contributed by atoms with Crippen molar-refractivity contribution in [2.24, 2.45) is 0 Å². The highest BCUT2D eigenvalue weighted by molar-refractivity contribution is 5.84. The van der Waals surface area contributed by atoms with Crippen LogP contribution in [0.4, 0.5) is 0 Å². The van der Waals surface area contributed by atoms with Crippen LogP contribution in [0.5, 0.6) is 34.5 Å². The van der Waals surface area contributed by atoms with Crippen molar-refractivity contribution in [3.63, 3.8) is 0 Å². The highest BCUT2D eigenvalue weighted by atomic mass is 16.3. The molecule has 0 radical (unpaired) electrons. The standard InChI is InChI=1S/C42H30O6/c43-37-16-34(17-38(44)22-37)28-7-1-25(2-8-28)31-13-32(26-3-9-29(10-4-26)35-18-39(45)23-40(46)19-35)15-33(14-31)27-5-11-30(12-6-27)36-20-41(47)24-42(48)21-36/h1-24,43-48H. The van der Waals surface area contributed by atoms with E-state index in [0.29, 0.717) is 16.7 Å². The maximum Gasteiger partial charge on any atom is 0.119 e. The van der Waals surface area contributed by atoms with E-state index in [9.17, 15) is 30.6 Å². The van der Waals surface area contributed by atoms with Gasteiger partial charge in [-0.2, -0.15) is 0 Å². The zero-order valence-electron chi connectivity index (χ0n) is 25.5. The predicted molar refractivity (Wildman–Crippen MR) is 189 cm³/mol. The molecular weight excluding hydrogens is 600 g/mol. The minimum Gasteiger partial charge on any atom is -0.508 e. The minimum atomic E-state index is -0.00908. The summed E-state index contributed by atoms with van der Waals surface area (Å²) >= 11 is 0. The number of hydrogen-bond donors (Lipinski definition) is 6. The zero-order valence-corrected chi connectivity index (χ0v) is 25.5. The predicted octanol–water partition coefficient (Wildman–Crippen LogP) is 9.92. The van der Waals surface area contributed by atoms with Gasteiger partial charge in [-0.25, -0.2) is 0 Å². The van der Waals surface area contributed by atoms with E-state index in [-0.39, 0.29) is 34.5 Å². The molecular formula is C42H30O6. The monoisotopic (exact) mass is 630 g/mol. The molecule has 7 aromatic carbocycles. The van der Waals surface area contributed by atoms with Crippen molar-refractivity contribution in [2.45, 2.75) is 0 Å². The van der Waals surface area contributed by atoms with Gasteiger partial charge in [0.1, 0.15) is 34.5 Å². The fraction of sp³-hybridized carbons (Fsp3) is 0. The molecule has 6 nitrogen and oxygen atoms in total. The Hall–Kier alpha value is -6.66. The molecule has 6 heteroatoms. The summed E-state index contributed by atoms with van der Waals surface area (Å²) in [6, 6.07) is 43.7. The van der Waals surface area contributed by atoms with Crippen LogP contribution in [0.25, 0.3) is 66.8 Å². The average Bonchev–Trinajstić information content (AvgIpc) is 3.07. The summed E-state index contributed by atoms with van der Waals surface area (Å²) in [6.07, 6.45) is 0. The number of rotatable bonds is 6. The number of hydrogen-bond acceptors (Lipinski definition) is 6. The SMILES string of the molecule is Oc1cc(O)cc(-c2ccc(-c3cc(-c4ccc(-c5cc(O)cc(O)c5)cc4)cc(-c4ccc(-c5cc(O)cc(O)c5)cc4)c3)cc2)c1. The molecule has 7 rings (SSSR count). The summed E-state index contributed by atoms with van der Waals surface area (Å²) in [5.41, 5.74) is 10.5. The van der Waals surface area contributed by atoms with Crippen LogP contribution in [-0.2, 0) is 0 Å². The van der Waals surface area contributed by atoms with Crippen molar-refractivity contribution < 1.29 is 30.6 Å². The molecule has 234 valence electrons. The third kappa shape index (κ3) is 6.36. The Morgan fingerprint density at radius 2 is 0.312 bits per heavy atom.